The average molecular weight is 370 g/mol. The van der Waals surface area contributed by atoms with Crippen LogP contribution in [0.1, 0.15) is 11.6 Å². The van der Waals surface area contributed by atoms with Gasteiger partial charge in [0.25, 0.3) is 5.69 Å². The molecule has 2 atom stereocenters. The minimum atomic E-state index is -0.955. The lowest BCUT2D eigenvalue weighted by Crippen LogP contribution is -2.51. The topological polar surface area (TPSA) is 113 Å². The van der Waals surface area contributed by atoms with Gasteiger partial charge in [-0.1, -0.05) is 24.8 Å². The summed E-state index contributed by atoms with van der Waals surface area (Å²) >= 11 is 0. The number of carbonyl (C=O) groups excluding carboxylic acids is 2. The Bertz CT molecular complexity index is 946. The standard InChI is InChI=1S/C18H15FN4O4/c1-10-15(17(24)21-13-6-3-7-14(9-13)23(26)27)16(22-18(25)20-10)11-4-2-5-12(19)8-11/h2-9,15-16H,1H2,(H,21,24)(H2,20,22,25)/t15-,16-/m0/s1. The Morgan fingerprint density at radius 1 is 1.22 bits per heavy atom. The van der Waals surface area contributed by atoms with Gasteiger partial charge in [-0.3, -0.25) is 14.9 Å². The molecule has 3 N–H and O–H groups in total. The molecule has 138 valence electrons. The van der Waals surface area contributed by atoms with Gasteiger partial charge in [0, 0.05) is 23.5 Å². The van der Waals surface area contributed by atoms with E-state index < -0.39 is 34.6 Å². The van der Waals surface area contributed by atoms with Crippen molar-refractivity contribution in [2.75, 3.05) is 5.32 Å². The Hall–Kier alpha value is -3.75. The number of non-ortho nitro benzene ring substituents is 1. The van der Waals surface area contributed by atoms with Crippen molar-refractivity contribution >= 4 is 23.3 Å². The second kappa shape index (κ2) is 7.24. The number of amides is 3. The molecule has 9 heteroatoms. The van der Waals surface area contributed by atoms with Gasteiger partial charge in [0.05, 0.1) is 11.0 Å². The maximum atomic E-state index is 13.6. The first-order chi connectivity index (χ1) is 12.8. The molecular formula is C18H15FN4O4. The molecule has 3 rings (SSSR count). The fourth-order valence-electron chi connectivity index (χ4n) is 2.89. The Labute approximate surface area is 153 Å². The summed E-state index contributed by atoms with van der Waals surface area (Å²) < 4.78 is 13.6. The molecule has 2 aromatic carbocycles. The molecule has 8 nitrogen and oxygen atoms in total. The highest BCUT2D eigenvalue weighted by Gasteiger charge is 2.38. The monoisotopic (exact) mass is 370 g/mol. The molecule has 1 aliphatic heterocycles. The summed E-state index contributed by atoms with van der Waals surface area (Å²) in [6.07, 6.45) is 0. The largest absolute Gasteiger partial charge is 0.330 e. The summed E-state index contributed by atoms with van der Waals surface area (Å²) in [5.41, 5.74) is 0.571. The van der Waals surface area contributed by atoms with Crippen molar-refractivity contribution in [1.29, 1.82) is 0 Å². The van der Waals surface area contributed by atoms with Crippen LogP contribution < -0.4 is 16.0 Å². The minimum absolute atomic E-state index is 0.135. The lowest BCUT2D eigenvalue weighted by molar-refractivity contribution is -0.384. The number of hydrogen-bond donors (Lipinski definition) is 3. The van der Waals surface area contributed by atoms with Crippen molar-refractivity contribution in [3.05, 3.63) is 82.3 Å². The number of hydrogen-bond acceptors (Lipinski definition) is 4. The van der Waals surface area contributed by atoms with Crippen molar-refractivity contribution in [3.8, 4) is 0 Å². The van der Waals surface area contributed by atoms with Crippen molar-refractivity contribution in [2.24, 2.45) is 5.92 Å². The van der Waals surface area contributed by atoms with Crippen LogP contribution in [0.3, 0.4) is 0 Å². The maximum absolute atomic E-state index is 13.6. The quantitative estimate of drug-likeness (QED) is 0.567. The number of carbonyl (C=O) groups is 2. The second-order valence-corrected chi connectivity index (χ2v) is 5.93. The molecule has 0 aromatic heterocycles. The Morgan fingerprint density at radius 2 is 1.96 bits per heavy atom. The number of urea groups is 1. The fraction of sp³-hybridized carbons (Fsp3) is 0.111. The van der Waals surface area contributed by atoms with Gasteiger partial charge in [0.15, 0.2) is 0 Å². The van der Waals surface area contributed by atoms with Crippen molar-refractivity contribution < 1.29 is 18.9 Å². The van der Waals surface area contributed by atoms with Gasteiger partial charge in [0.2, 0.25) is 5.91 Å². The lowest BCUT2D eigenvalue weighted by atomic mass is 9.88. The van der Waals surface area contributed by atoms with Crippen LogP contribution in [0.2, 0.25) is 0 Å². The van der Waals surface area contributed by atoms with E-state index in [0.29, 0.717) is 5.56 Å². The first-order valence-electron chi connectivity index (χ1n) is 7.92. The van der Waals surface area contributed by atoms with E-state index in [4.69, 9.17) is 0 Å². The van der Waals surface area contributed by atoms with Crippen LogP contribution in [-0.2, 0) is 4.79 Å². The van der Waals surface area contributed by atoms with Crippen molar-refractivity contribution in [1.82, 2.24) is 10.6 Å². The molecule has 2 aromatic rings. The Morgan fingerprint density at radius 3 is 2.67 bits per heavy atom. The molecule has 1 heterocycles. The molecule has 1 fully saturated rings. The first kappa shape index (κ1) is 18.1. The van der Waals surface area contributed by atoms with Crippen LogP contribution in [0.4, 0.5) is 20.6 Å². The summed E-state index contributed by atoms with van der Waals surface area (Å²) in [6, 6.07) is 9.56. The molecule has 0 radical (unpaired) electrons. The summed E-state index contributed by atoms with van der Waals surface area (Å²) in [5, 5.41) is 18.5. The predicted molar refractivity (Wildman–Crippen MR) is 95.2 cm³/mol. The third-order valence-corrected chi connectivity index (χ3v) is 4.08. The van der Waals surface area contributed by atoms with E-state index >= 15 is 0 Å². The maximum Gasteiger partial charge on any atom is 0.319 e. The average Bonchev–Trinajstić information content (AvgIpc) is 2.61. The molecule has 0 unspecified atom stereocenters. The van der Waals surface area contributed by atoms with E-state index in [9.17, 15) is 24.1 Å². The van der Waals surface area contributed by atoms with E-state index in [2.05, 4.69) is 22.5 Å². The molecule has 1 aliphatic rings. The Balaban J connectivity index is 1.90. The van der Waals surface area contributed by atoms with E-state index in [0.717, 1.165) is 0 Å². The number of nitro benzene ring substituents is 1. The predicted octanol–water partition coefficient (Wildman–Crippen LogP) is 2.86. The highest BCUT2D eigenvalue weighted by Crippen LogP contribution is 2.31. The molecule has 3 amide bonds. The molecule has 27 heavy (non-hydrogen) atoms. The molecular weight excluding hydrogens is 355 g/mol. The highest BCUT2D eigenvalue weighted by molar-refractivity contribution is 5.97. The molecule has 0 aliphatic carbocycles. The summed E-state index contributed by atoms with van der Waals surface area (Å²) in [7, 11) is 0. The number of rotatable bonds is 4. The van der Waals surface area contributed by atoms with Gasteiger partial charge < -0.3 is 16.0 Å². The number of nitro groups is 1. The lowest BCUT2D eigenvalue weighted by Gasteiger charge is -2.33. The Kier molecular flexibility index (Phi) is 4.84. The van der Waals surface area contributed by atoms with Gasteiger partial charge in [-0.15, -0.1) is 0 Å². The summed E-state index contributed by atoms with van der Waals surface area (Å²) in [5.74, 6) is -2.02. The number of nitrogens with one attached hydrogen (secondary N) is 3. The second-order valence-electron chi connectivity index (χ2n) is 5.93. The van der Waals surface area contributed by atoms with Crippen LogP contribution in [0, 0.1) is 21.8 Å². The molecule has 1 saturated heterocycles. The van der Waals surface area contributed by atoms with E-state index in [-0.39, 0.29) is 17.1 Å². The normalized spacial score (nSPS) is 19.0. The summed E-state index contributed by atoms with van der Waals surface area (Å²) in [4.78, 5) is 34.9. The van der Waals surface area contributed by atoms with Crippen LogP contribution in [0.25, 0.3) is 0 Å². The van der Waals surface area contributed by atoms with Crippen molar-refractivity contribution in [3.63, 3.8) is 0 Å². The zero-order valence-electron chi connectivity index (χ0n) is 13.9. The van der Waals surface area contributed by atoms with Crippen LogP contribution in [-0.4, -0.2) is 16.9 Å². The zero-order valence-corrected chi connectivity index (χ0v) is 13.9. The van der Waals surface area contributed by atoms with Crippen LogP contribution in [0.15, 0.2) is 60.8 Å². The van der Waals surface area contributed by atoms with Gasteiger partial charge in [-0.25, -0.2) is 9.18 Å². The fourth-order valence-corrected chi connectivity index (χ4v) is 2.89. The molecule has 0 saturated carbocycles. The SMILES string of the molecule is C=C1NC(=O)N[C@@H](c2cccc(F)c2)[C@H]1C(=O)Nc1cccc([N+](=O)[O-])c1. The van der Waals surface area contributed by atoms with Crippen LogP contribution in [0.5, 0.6) is 0 Å². The minimum Gasteiger partial charge on any atom is -0.330 e. The first-order valence-corrected chi connectivity index (χ1v) is 7.92. The van der Waals surface area contributed by atoms with E-state index in [1.165, 1.54) is 42.5 Å². The van der Waals surface area contributed by atoms with Crippen LogP contribution >= 0.6 is 0 Å². The third-order valence-electron chi connectivity index (χ3n) is 4.08. The molecule has 0 spiro atoms. The zero-order chi connectivity index (χ0) is 19.6. The van der Waals surface area contributed by atoms with E-state index in [1.54, 1.807) is 6.07 Å². The van der Waals surface area contributed by atoms with Gasteiger partial charge in [-0.2, -0.15) is 0 Å². The molecule has 0 bridgehead atoms. The van der Waals surface area contributed by atoms with E-state index in [1.807, 2.05) is 0 Å². The number of halogens is 1. The number of anilines is 1. The highest BCUT2D eigenvalue weighted by atomic mass is 19.1. The summed E-state index contributed by atoms with van der Waals surface area (Å²) in [6.45, 7) is 3.72. The van der Waals surface area contributed by atoms with Gasteiger partial charge >= 0.3 is 6.03 Å². The van der Waals surface area contributed by atoms with Crippen molar-refractivity contribution in [2.45, 2.75) is 6.04 Å². The van der Waals surface area contributed by atoms with Gasteiger partial charge in [0.1, 0.15) is 11.7 Å². The van der Waals surface area contributed by atoms with Gasteiger partial charge in [-0.05, 0) is 23.8 Å². The smallest absolute Gasteiger partial charge is 0.319 e. The number of benzene rings is 2. The number of nitrogens with zero attached hydrogens (tertiary/aromatic N) is 1. The third kappa shape index (κ3) is 3.92.